The molecule has 1 aliphatic heterocycles. The number of carbonyl (C=O) groups excluding carboxylic acids is 1. The van der Waals surface area contributed by atoms with Gasteiger partial charge in [-0.15, -0.1) is 0 Å². The molecule has 1 aromatic carbocycles. The third-order valence-corrected chi connectivity index (χ3v) is 5.46. The molecule has 6 heteroatoms. The lowest BCUT2D eigenvalue weighted by molar-refractivity contribution is -0.960. The summed E-state index contributed by atoms with van der Waals surface area (Å²) in [5.74, 6) is 0.0641. The molecule has 2 fully saturated rings. The van der Waals surface area contributed by atoms with Gasteiger partial charge in [-0.05, 0) is 37.1 Å². The Balaban J connectivity index is 1.51. The number of hydrogen-bond acceptors (Lipinski definition) is 3. The van der Waals surface area contributed by atoms with Crippen LogP contribution in [-0.2, 0) is 9.53 Å². The molecule has 0 unspecified atom stereocenters. The smallest absolute Gasteiger partial charge is 0.258 e. The fourth-order valence-electron chi connectivity index (χ4n) is 4.03. The van der Waals surface area contributed by atoms with E-state index in [0.717, 1.165) is 39.1 Å². The summed E-state index contributed by atoms with van der Waals surface area (Å²) in [6.07, 6.45) is 6.05. The molecule has 25 heavy (non-hydrogen) atoms. The largest absolute Gasteiger partial charge is 0.484 e. The van der Waals surface area contributed by atoms with E-state index in [9.17, 15) is 9.18 Å². The average Bonchev–Trinajstić information content (AvgIpc) is 2.67. The van der Waals surface area contributed by atoms with Crippen LogP contribution in [-0.4, -0.2) is 50.9 Å². The molecule has 2 N–H and O–H groups in total. The fourth-order valence-corrected chi connectivity index (χ4v) is 4.03. The maximum Gasteiger partial charge on any atom is 0.258 e. The molecule has 1 amide bonds. The molecule has 0 bridgehead atoms. The van der Waals surface area contributed by atoms with Crippen molar-refractivity contribution in [1.29, 1.82) is 0 Å². The van der Waals surface area contributed by atoms with E-state index in [-0.39, 0.29) is 23.9 Å². The van der Waals surface area contributed by atoms with E-state index in [0.29, 0.717) is 12.3 Å². The van der Waals surface area contributed by atoms with E-state index >= 15 is 0 Å². The molecular formula is C19H28FN2O3+. The van der Waals surface area contributed by atoms with Crippen molar-refractivity contribution in [3.05, 3.63) is 30.1 Å². The van der Waals surface area contributed by atoms with Crippen LogP contribution in [0.15, 0.2) is 24.3 Å². The van der Waals surface area contributed by atoms with Crippen molar-refractivity contribution in [2.24, 2.45) is 0 Å². The average molecular weight is 351 g/mol. The van der Waals surface area contributed by atoms with Gasteiger partial charge in [0.25, 0.3) is 5.91 Å². The van der Waals surface area contributed by atoms with E-state index in [1.165, 1.54) is 43.5 Å². The topological polar surface area (TPSA) is 52.0 Å². The minimum Gasteiger partial charge on any atom is -0.484 e. The van der Waals surface area contributed by atoms with Crippen molar-refractivity contribution in [3.63, 3.8) is 0 Å². The van der Waals surface area contributed by atoms with Crippen molar-refractivity contribution in [3.8, 4) is 5.75 Å². The number of nitrogens with one attached hydrogen (secondary N) is 2. The number of quaternary nitrogens is 1. The van der Waals surface area contributed by atoms with Crippen molar-refractivity contribution >= 4 is 5.91 Å². The predicted octanol–water partition coefficient (Wildman–Crippen LogP) is 0.939. The summed E-state index contributed by atoms with van der Waals surface area (Å²) in [5, 5.41) is 3.07. The van der Waals surface area contributed by atoms with Crippen LogP contribution in [0.25, 0.3) is 0 Å². The lowest BCUT2D eigenvalue weighted by Gasteiger charge is -2.45. The number of carbonyl (C=O) groups is 1. The van der Waals surface area contributed by atoms with Crippen molar-refractivity contribution < 1.29 is 23.6 Å². The van der Waals surface area contributed by atoms with E-state index in [4.69, 9.17) is 9.47 Å². The number of rotatable bonds is 6. The quantitative estimate of drug-likeness (QED) is 0.802. The van der Waals surface area contributed by atoms with Crippen molar-refractivity contribution in [2.45, 2.75) is 37.6 Å². The molecule has 1 aliphatic carbocycles. The highest BCUT2D eigenvalue weighted by atomic mass is 19.1. The zero-order valence-corrected chi connectivity index (χ0v) is 14.7. The van der Waals surface area contributed by atoms with Gasteiger partial charge in [0, 0.05) is 12.8 Å². The number of benzene rings is 1. The Labute approximate surface area is 148 Å². The summed E-state index contributed by atoms with van der Waals surface area (Å²) in [6, 6.07) is 5.71. The lowest BCUT2D eigenvalue weighted by Crippen LogP contribution is -3.23. The van der Waals surface area contributed by atoms with Crippen LogP contribution in [0.4, 0.5) is 4.39 Å². The standard InChI is InChI=1S/C19H27FN2O3/c20-16-4-6-17(7-5-16)25-14-18(23)21-15-19(8-2-1-3-9-19)22-10-12-24-13-11-22/h4-7H,1-3,8-15H2,(H,21,23)/p+1. The predicted molar refractivity (Wildman–Crippen MR) is 92.2 cm³/mol. The fraction of sp³-hybridized carbons (Fsp3) is 0.632. The molecule has 0 aromatic heterocycles. The van der Waals surface area contributed by atoms with E-state index in [2.05, 4.69) is 5.32 Å². The second-order valence-corrected chi connectivity index (χ2v) is 7.08. The van der Waals surface area contributed by atoms with Gasteiger partial charge >= 0.3 is 0 Å². The Morgan fingerprint density at radius 2 is 1.84 bits per heavy atom. The Morgan fingerprint density at radius 1 is 1.16 bits per heavy atom. The van der Waals surface area contributed by atoms with Gasteiger partial charge in [0.2, 0.25) is 0 Å². The monoisotopic (exact) mass is 351 g/mol. The summed E-state index contributed by atoms with van der Waals surface area (Å²) in [7, 11) is 0. The first-order chi connectivity index (χ1) is 12.2. The van der Waals surface area contributed by atoms with Gasteiger partial charge in [-0.3, -0.25) is 4.79 Å². The van der Waals surface area contributed by atoms with E-state index in [1.807, 2.05) is 0 Å². The Morgan fingerprint density at radius 3 is 2.52 bits per heavy atom. The van der Waals surface area contributed by atoms with Gasteiger partial charge in [0.15, 0.2) is 6.61 Å². The maximum atomic E-state index is 12.9. The number of amides is 1. The molecule has 0 radical (unpaired) electrons. The zero-order chi connectivity index (χ0) is 17.5. The van der Waals surface area contributed by atoms with Crippen LogP contribution in [0.5, 0.6) is 5.75 Å². The molecule has 0 spiro atoms. The Hall–Kier alpha value is -1.66. The molecule has 0 atom stereocenters. The second kappa shape index (κ2) is 8.63. The molecule has 5 nitrogen and oxygen atoms in total. The molecule has 1 aromatic rings. The first-order valence-corrected chi connectivity index (χ1v) is 9.26. The first kappa shape index (κ1) is 18.1. The van der Waals surface area contributed by atoms with Crippen LogP contribution >= 0.6 is 0 Å². The molecular weight excluding hydrogens is 323 g/mol. The summed E-state index contributed by atoms with van der Waals surface area (Å²) in [6.45, 7) is 4.29. The van der Waals surface area contributed by atoms with Gasteiger partial charge in [0.05, 0.1) is 19.8 Å². The summed E-state index contributed by atoms with van der Waals surface area (Å²) in [4.78, 5) is 13.8. The Bertz CT molecular complexity index is 552. The first-order valence-electron chi connectivity index (χ1n) is 9.26. The number of halogens is 1. The molecule has 1 saturated heterocycles. The van der Waals surface area contributed by atoms with Crippen molar-refractivity contribution in [2.75, 3.05) is 39.5 Å². The summed E-state index contributed by atoms with van der Waals surface area (Å²) < 4.78 is 23.8. The minimum absolute atomic E-state index is 0.0415. The maximum absolute atomic E-state index is 12.9. The van der Waals surface area contributed by atoms with Gasteiger partial charge in [0.1, 0.15) is 30.2 Å². The third kappa shape index (κ3) is 4.92. The van der Waals surface area contributed by atoms with Crippen LogP contribution in [0.2, 0.25) is 0 Å². The van der Waals surface area contributed by atoms with E-state index < -0.39 is 0 Å². The van der Waals surface area contributed by atoms with Crippen LogP contribution in [0.3, 0.4) is 0 Å². The molecule has 3 rings (SSSR count). The van der Waals surface area contributed by atoms with Crippen LogP contribution in [0, 0.1) is 5.82 Å². The highest BCUT2D eigenvalue weighted by Crippen LogP contribution is 2.25. The molecule has 1 saturated carbocycles. The number of morpholine rings is 1. The number of ether oxygens (including phenoxy) is 2. The van der Waals surface area contributed by atoms with E-state index in [1.54, 1.807) is 4.90 Å². The normalized spacial score (nSPS) is 20.8. The highest BCUT2D eigenvalue weighted by molar-refractivity contribution is 5.77. The van der Waals surface area contributed by atoms with Gasteiger partial charge in [-0.25, -0.2) is 4.39 Å². The third-order valence-electron chi connectivity index (χ3n) is 5.46. The zero-order valence-electron chi connectivity index (χ0n) is 14.7. The van der Waals surface area contributed by atoms with Gasteiger partial charge in [-0.1, -0.05) is 6.42 Å². The Kier molecular flexibility index (Phi) is 6.26. The summed E-state index contributed by atoms with van der Waals surface area (Å²) in [5.41, 5.74) is 0.133. The molecule has 138 valence electrons. The lowest BCUT2D eigenvalue weighted by atomic mass is 9.79. The summed E-state index contributed by atoms with van der Waals surface area (Å²) >= 11 is 0. The van der Waals surface area contributed by atoms with Crippen LogP contribution in [0.1, 0.15) is 32.1 Å². The SMILES string of the molecule is O=C(COc1ccc(F)cc1)NCC1([NH+]2CCOCC2)CCCCC1. The molecule has 1 heterocycles. The highest BCUT2D eigenvalue weighted by Gasteiger charge is 2.42. The van der Waals surface area contributed by atoms with Crippen molar-refractivity contribution in [1.82, 2.24) is 5.32 Å². The minimum atomic E-state index is -0.315. The van der Waals surface area contributed by atoms with Gasteiger partial charge in [-0.2, -0.15) is 0 Å². The molecule has 2 aliphatic rings. The van der Waals surface area contributed by atoms with Gasteiger partial charge < -0.3 is 19.7 Å². The number of hydrogen-bond donors (Lipinski definition) is 2. The van der Waals surface area contributed by atoms with Crippen LogP contribution < -0.4 is 15.0 Å². The second-order valence-electron chi connectivity index (χ2n) is 7.08.